The van der Waals surface area contributed by atoms with E-state index in [0.29, 0.717) is 56.0 Å². The lowest BCUT2D eigenvalue weighted by atomic mass is 9.89. The summed E-state index contributed by atoms with van der Waals surface area (Å²) >= 11 is 0. The molecule has 1 aliphatic carbocycles. The number of hydrogen-bond acceptors (Lipinski definition) is 10. The molecule has 2 aromatic heterocycles. The summed E-state index contributed by atoms with van der Waals surface area (Å²) in [4.78, 5) is 43.3. The number of nitrogens with zero attached hydrogens (tertiary/aromatic N) is 5. The van der Waals surface area contributed by atoms with Crippen LogP contribution in [0.15, 0.2) is 89.6 Å². The molecule has 3 aromatic carbocycles. The summed E-state index contributed by atoms with van der Waals surface area (Å²) in [6.45, 7) is 0.472. The second-order valence-electron chi connectivity index (χ2n) is 12.5. The molecule has 4 N–H and O–H groups in total. The first-order chi connectivity index (χ1) is 24.5. The topological polar surface area (TPSA) is 178 Å². The molecule has 0 saturated heterocycles. The van der Waals surface area contributed by atoms with Crippen molar-refractivity contribution in [1.82, 2.24) is 29.8 Å². The number of carboxylic acid groups (broad SMARTS) is 1. The second-order valence-corrected chi connectivity index (χ2v) is 12.5. The first-order valence-corrected chi connectivity index (χ1v) is 16.0. The number of ether oxygens (including phenoxy) is 1. The molecule has 0 bridgehead atoms. The maximum absolute atomic E-state index is 13.5. The monoisotopic (exact) mass is 682 g/mol. The number of carboxylic acids is 1. The van der Waals surface area contributed by atoms with Gasteiger partial charge in [-0.15, -0.1) is 0 Å². The predicted octanol–water partition coefficient (Wildman–Crippen LogP) is 3.42. The van der Waals surface area contributed by atoms with Crippen LogP contribution in [0.1, 0.15) is 31.8 Å². The highest BCUT2D eigenvalue weighted by atomic mass is 16.5. The highest BCUT2D eigenvalue weighted by Gasteiger charge is 2.22. The number of nitrogens with two attached hydrogens (primary N) is 1. The molecular weight excluding hydrogens is 648 g/mol. The number of amides is 1. The Labute approximate surface area is 292 Å². The number of H-pyrrole nitrogens is 1. The quantitative estimate of drug-likeness (QED) is 0.151. The minimum atomic E-state index is -1.35. The predicted molar refractivity (Wildman–Crippen MR) is 192 cm³/mol. The van der Waals surface area contributed by atoms with Gasteiger partial charge in [0, 0.05) is 66.1 Å². The molecule has 0 spiro atoms. The van der Waals surface area contributed by atoms with Crippen molar-refractivity contribution in [2.24, 2.45) is 0 Å². The molecule has 1 aliphatic heterocycles. The molecule has 13 heteroatoms. The van der Waals surface area contributed by atoms with Crippen molar-refractivity contribution in [3.05, 3.63) is 113 Å². The van der Waals surface area contributed by atoms with Crippen LogP contribution in [0.3, 0.4) is 0 Å². The van der Waals surface area contributed by atoms with E-state index in [1.165, 1.54) is 18.5 Å². The summed E-state index contributed by atoms with van der Waals surface area (Å²) in [7, 11) is 7.74. The fourth-order valence-electron chi connectivity index (χ4n) is 5.90. The van der Waals surface area contributed by atoms with E-state index >= 15 is 0 Å². The Kier molecular flexibility index (Phi) is 8.53. The van der Waals surface area contributed by atoms with E-state index in [4.69, 9.17) is 14.9 Å². The van der Waals surface area contributed by atoms with E-state index in [-0.39, 0.29) is 30.6 Å². The van der Waals surface area contributed by atoms with Gasteiger partial charge in [-0.3, -0.25) is 4.79 Å². The number of rotatable bonds is 9. The first-order valence-electron chi connectivity index (χ1n) is 16.0. The minimum Gasteiger partial charge on any atom is -0.545 e. The summed E-state index contributed by atoms with van der Waals surface area (Å²) < 4.78 is 14.2. The number of aromatic amines is 1. The highest BCUT2D eigenvalue weighted by molar-refractivity contribution is 6.09. The van der Waals surface area contributed by atoms with Gasteiger partial charge in [0.2, 0.25) is 17.2 Å². The maximum atomic E-state index is 13.5. The third-order valence-electron chi connectivity index (χ3n) is 8.61. The van der Waals surface area contributed by atoms with Crippen LogP contribution in [0, 0.1) is 0 Å². The van der Waals surface area contributed by atoms with Gasteiger partial charge in [-0.1, -0.05) is 30.3 Å². The van der Waals surface area contributed by atoms with E-state index in [1.807, 2.05) is 98.3 Å². The van der Waals surface area contributed by atoms with Gasteiger partial charge in [0.15, 0.2) is 5.65 Å². The summed E-state index contributed by atoms with van der Waals surface area (Å²) in [5.74, 6) is -0.774. The van der Waals surface area contributed by atoms with Crippen LogP contribution in [-0.2, 0) is 13.2 Å². The van der Waals surface area contributed by atoms with Crippen molar-refractivity contribution in [3.8, 4) is 28.3 Å². The summed E-state index contributed by atoms with van der Waals surface area (Å²) in [6, 6.07) is 23.6. The van der Waals surface area contributed by atoms with Crippen LogP contribution < -0.4 is 35.7 Å². The van der Waals surface area contributed by atoms with E-state index in [1.54, 1.807) is 6.07 Å². The normalized spacial score (nSPS) is 11.2. The van der Waals surface area contributed by atoms with Gasteiger partial charge in [-0.2, -0.15) is 9.97 Å². The molecule has 51 heavy (non-hydrogen) atoms. The molecule has 1 amide bonds. The van der Waals surface area contributed by atoms with Crippen LogP contribution in [-0.4, -0.2) is 60.0 Å². The smallest absolute Gasteiger partial charge is 0.251 e. The fraction of sp³-hybridized carbons (Fsp3) is 0.158. The highest BCUT2D eigenvalue weighted by Crippen LogP contribution is 2.42. The van der Waals surface area contributed by atoms with Crippen molar-refractivity contribution in [2.75, 3.05) is 38.8 Å². The summed E-state index contributed by atoms with van der Waals surface area (Å²) in [6.07, 6.45) is 1.50. The van der Waals surface area contributed by atoms with Gasteiger partial charge in [-0.05, 0) is 47.0 Å². The zero-order chi connectivity index (χ0) is 35.8. The molecule has 13 nitrogen and oxygen atoms in total. The number of imidazole rings is 1. The molecule has 0 saturated carbocycles. The van der Waals surface area contributed by atoms with Gasteiger partial charge in [-0.25, -0.2) is 9.56 Å². The molecule has 7 rings (SSSR count). The Morgan fingerprint density at radius 1 is 0.961 bits per heavy atom. The Hall–Kier alpha value is -6.76. The Morgan fingerprint density at radius 2 is 1.75 bits per heavy atom. The largest absolute Gasteiger partial charge is 0.545 e. The SMILES string of the molecule is CN(C)c1ccc2c(-c3cc(C(=O)NCc4ccc(COc5nc(N)nc6nc[nH]c56)cc4)ccc3C(=O)[O-])c3ccc(=[N+](C)C)cc-3oc2c1. The maximum Gasteiger partial charge on any atom is 0.251 e. The number of carbonyl (C=O) groups excluding carboxylic acids is 2. The van der Waals surface area contributed by atoms with Crippen LogP contribution in [0.2, 0.25) is 0 Å². The van der Waals surface area contributed by atoms with Crippen molar-refractivity contribution in [1.29, 1.82) is 0 Å². The number of aromatic nitrogens is 4. The summed E-state index contributed by atoms with van der Waals surface area (Å²) in [5, 5.41) is 17.1. The Bertz CT molecular complexity index is 2500. The van der Waals surface area contributed by atoms with Gasteiger partial charge in [0.05, 0.1) is 18.4 Å². The average molecular weight is 683 g/mol. The van der Waals surface area contributed by atoms with Gasteiger partial charge >= 0.3 is 0 Å². The number of benzene rings is 4. The molecule has 0 unspecified atom stereocenters. The van der Waals surface area contributed by atoms with Crippen molar-refractivity contribution >= 4 is 45.6 Å². The molecule has 0 radical (unpaired) electrons. The molecule has 256 valence electrons. The number of aromatic carboxylic acids is 1. The molecule has 0 atom stereocenters. The lowest BCUT2D eigenvalue weighted by Crippen LogP contribution is -2.25. The van der Waals surface area contributed by atoms with Gasteiger partial charge in [0.25, 0.3) is 5.91 Å². The van der Waals surface area contributed by atoms with Crippen LogP contribution in [0.4, 0.5) is 11.6 Å². The van der Waals surface area contributed by atoms with E-state index in [9.17, 15) is 14.7 Å². The van der Waals surface area contributed by atoms with Crippen LogP contribution >= 0.6 is 0 Å². The van der Waals surface area contributed by atoms with Crippen LogP contribution in [0.25, 0.3) is 44.6 Å². The van der Waals surface area contributed by atoms with Gasteiger partial charge < -0.3 is 40.0 Å². The third kappa shape index (κ3) is 6.52. The third-order valence-corrected chi connectivity index (χ3v) is 8.61. The number of carbonyl (C=O) groups is 2. The van der Waals surface area contributed by atoms with Crippen molar-refractivity contribution in [2.45, 2.75) is 13.2 Å². The number of nitrogen functional groups attached to an aromatic ring is 1. The molecule has 5 aromatic rings. The Morgan fingerprint density at radius 3 is 2.49 bits per heavy atom. The Balaban J connectivity index is 1.17. The van der Waals surface area contributed by atoms with E-state index < -0.39 is 5.97 Å². The number of fused-ring (bicyclic) bond motifs is 3. The van der Waals surface area contributed by atoms with Crippen LogP contribution in [0.5, 0.6) is 5.88 Å². The second kappa shape index (κ2) is 13.3. The number of anilines is 2. The molecule has 3 heterocycles. The summed E-state index contributed by atoms with van der Waals surface area (Å²) in [5.41, 5.74) is 11.9. The number of hydrogen-bond donors (Lipinski definition) is 3. The molecular formula is C38H34N8O5. The van der Waals surface area contributed by atoms with E-state index in [2.05, 4.69) is 25.3 Å². The number of nitrogens with one attached hydrogen (secondary N) is 2. The molecule has 2 aliphatic rings. The minimum absolute atomic E-state index is 0.0376. The van der Waals surface area contributed by atoms with E-state index in [0.717, 1.165) is 22.2 Å². The lowest BCUT2D eigenvalue weighted by molar-refractivity contribution is -0.254. The average Bonchev–Trinajstić information content (AvgIpc) is 3.60. The fourth-order valence-corrected chi connectivity index (χ4v) is 5.90. The first kappa shape index (κ1) is 32.8. The lowest BCUT2D eigenvalue weighted by Gasteiger charge is -2.20. The standard InChI is InChI=1S/C38H34N8O5/c1-45(2)24-10-13-27-30(16-24)51-31-17-25(46(3)4)11-14-28(31)32(27)29-15-23(9-12-26(29)37(48)49)35(47)40-18-21-5-7-22(8-6-21)19-50-36-33-34(42-20-41-33)43-38(39)44-36/h5-17,20H,18-19H2,1-4H3,(H4-,39,40,41,42,43,44,47,48,49). The van der Waals surface area contributed by atoms with Crippen molar-refractivity contribution in [3.63, 3.8) is 0 Å². The van der Waals surface area contributed by atoms with Gasteiger partial charge in [0.1, 0.15) is 37.6 Å². The molecule has 0 fully saturated rings. The van der Waals surface area contributed by atoms with Crippen molar-refractivity contribution < 1.29 is 23.8 Å². The zero-order valence-electron chi connectivity index (χ0n) is 28.4. The zero-order valence-corrected chi connectivity index (χ0v) is 28.4.